The number of nitrogens with zero attached hydrogens (tertiary/aromatic N) is 4. The number of primary amides is 1. The van der Waals surface area contributed by atoms with Crippen molar-refractivity contribution in [1.82, 2.24) is 15.2 Å². The normalized spacial score (nSPS) is 25.6. The third-order valence-electron chi connectivity index (χ3n) is 6.49. The molecule has 3 aliphatic heterocycles. The fourth-order valence-electron chi connectivity index (χ4n) is 4.72. The van der Waals surface area contributed by atoms with Crippen molar-refractivity contribution in [2.45, 2.75) is 44.4 Å². The van der Waals surface area contributed by atoms with Crippen LogP contribution < -0.4 is 16.0 Å². The molecule has 3 saturated heterocycles. The molecular weight excluding hydrogens is 396 g/mol. The number of hydrogen-bond acceptors (Lipinski definition) is 6. The van der Waals surface area contributed by atoms with Gasteiger partial charge < -0.3 is 30.3 Å². The van der Waals surface area contributed by atoms with Crippen LogP contribution >= 0.6 is 0 Å². The number of guanidine groups is 1. The molecule has 2 unspecified atom stereocenters. The lowest BCUT2D eigenvalue weighted by molar-refractivity contribution is -0.122. The van der Waals surface area contributed by atoms with Gasteiger partial charge in [-0.3, -0.25) is 9.79 Å². The molecule has 0 aliphatic carbocycles. The fraction of sp³-hybridized carbons (Fsp3) is 0.682. The number of aliphatic imine (C=N–C) groups is 1. The maximum absolute atomic E-state index is 11.5. The Morgan fingerprint density at radius 3 is 2.74 bits per heavy atom. The van der Waals surface area contributed by atoms with Gasteiger partial charge in [-0.1, -0.05) is 6.07 Å². The number of nitrogens with two attached hydrogens (primary N) is 1. The number of anilines is 1. The van der Waals surface area contributed by atoms with Gasteiger partial charge in [0.25, 0.3) is 0 Å². The molecule has 3 fully saturated rings. The van der Waals surface area contributed by atoms with Gasteiger partial charge in [-0.25, -0.2) is 4.98 Å². The molecule has 3 aliphatic rings. The summed E-state index contributed by atoms with van der Waals surface area (Å²) in [7, 11) is 1.82. The van der Waals surface area contributed by atoms with Crippen LogP contribution in [0.15, 0.2) is 23.3 Å². The predicted octanol–water partition coefficient (Wildman–Crippen LogP) is 0.739. The van der Waals surface area contributed by atoms with Crippen LogP contribution in [-0.4, -0.2) is 80.4 Å². The Kier molecular flexibility index (Phi) is 7.24. The van der Waals surface area contributed by atoms with Gasteiger partial charge in [0.2, 0.25) is 5.91 Å². The van der Waals surface area contributed by atoms with Gasteiger partial charge in [-0.2, -0.15) is 0 Å². The van der Waals surface area contributed by atoms with Crippen LogP contribution in [0, 0.1) is 5.92 Å². The Labute approximate surface area is 184 Å². The first kappa shape index (κ1) is 21.8. The van der Waals surface area contributed by atoms with Crippen LogP contribution in [0.5, 0.6) is 0 Å². The minimum absolute atomic E-state index is 0.0292. The van der Waals surface area contributed by atoms with E-state index in [1.165, 1.54) is 0 Å². The summed E-state index contributed by atoms with van der Waals surface area (Å²) in [5.74, 6) is 1.61. The van der Waals surface area contributed by atoms with Gasteiger partial charge in [0.05, 0.1) is 12.7 Å². The van der Waals surface area contributed by atoms with Crippen molar-refractivity contribution in [3.05, 3.63) is 23.9 Å². The number of piperidine rings is 1. The summed E-state index contributed by atoms with van der Waals surface area (Å²) < 4.78 is 11.8. The second kappa shape index (κ2) is 10.3. The van der Waals surface area contributed by atoms with E-state index in [-0.39, 0.29) is 24.0 Å². The zero-order valence-electron chi connectivity index (χ0n) is 18.3. The highest BCUT2D eigenvalue weighted by Crippen LogP contribution is 2.25. The molecule has 2 atom stereocenters. The van der Waals surface area contributed by atoms with Gasteiger partial charge in [0.15, 0.2) is 5.96 Å². The fourth-order valence-corrected chi connectivity index (χ4v) is 4.72. The zero-order valence-corrected chi connectivity index (χ0v) is 18.3. The number of nitrogens with one attached hydrogen (secondary N) is 1. The molecule has 170 valence electrons. The van der Waals surface area contributed by atoms with Crippen molar-refractivity contribution in [2.75, 3.05) is 51.3 Å². The van der Waals surface area contributed by atoms with Gasteiger partial charge in [0, 0.05) is 64.1 Å². The van der Waals surface area contributed by atoms with Crippen molar-refractivity contribution in [3.63, 3.8) is 0 Å². The molecule has 9 heteroatoms. The van der Waals surface area contributed by atoms with E-state index in [2.05, 4.69) is 31.2 Å². The Balaban J connectivity index is 1.36. The minimum atomic E-state index is -0.196. The molecule has 31 heavy (non-hydrogen) atoms. The number of carbonyl (C=O) groups excluding carboxylic acids is 1. The number of amides is 1. The highest BCUT2D eigenvalue weighted by molar-refractivity contribution is 5.80. The summed E-state index contributed by atoms with van der Waals surface area (Å²) >= 11 is 0. The molecule has 1 aromatic rings. The lowest BCUT2D eigenvalue weighted by Gasteiger charge is -2.37. The standard InChI is InChI=1S/C22H34N6O3/c1-24-22(28-11-13-31-19(15-28)18-5-3-12-30-18)26-14-17-4-2-8-25-21(17)27-9-6-16(7-10-27)20(23)29/h2,4,8,16,18-19H,3,5-7,9-15H2,1H3,(H2,23,29)(H,24,26). The molecule has 9 nitrogen and oxygen atoms in total. The molecule has 0 radical (unpaired) electrons. The van der Waals surface area contributed by atoms with E-state index in [1.54, 1.807) is 0 Å². The number of aromatic nitrogens is 1. The van der Waals surface area contributed by atoms with Crippen LogP contribution in [0.3, 0.4) is 0 Å². The average Bonchev–Trinajstić information content (AvgIpc) is 3.35. The van der Waals surface area contributed by atoms with Crippen LogP contribution in [0.4, 0.5) is 5.82 Å². The zero-order chi connectivity index (χ0) is 21.6. The SMILES string of the molecule is CN=C(NCc1cccnc1N1CCC(C(N)=O)CC1)N1CCOC(C2CCCO2)C1. The van der Waals surface area contributed by atoms with E-state index in [0.29, 0.717) is 13.2 Å². The Bertz CT molecular complexity index is 774. The topological polar surface area (TPSA) is 105 Å². The molecule has 1 aromatic heterocycles. The second-order valence-corrected chi connectivity index (χ2v) is 8.46. The average molecular weight is 431 g/mol. The highest BCUT2D eigenvalue weighted by Gasteiger charge is 2.32. The minimum Gasteiger partial charge on any atom is -0.375 e. The van der Waals surface area contributed by atoms with E-state index in [0.717, 1.165) is 75.8 Å². The molecule has 0 saturated carbocycles. The number of morpholine rings is 1. The molecule has 4 heterocycles. The lowest BCUT2D eigenvalue weighted by atomic mass is 9.96. The van der Waals surface area contributed by atoms with Crippen molar-refractivity contribution in [3.8, 4) is 0 Å². The van der Waals surface area contributed by atoms with E-state index in [1.807, 2.05) is 19.3 Å². The van der Waals surface area contributed by atoms with E-state index < -0.39 is 0 Å². The molecule has 1 amide bonds. The van der Waals surface area contributed by atoms with Crippen LogP contribution in [-0.2, 0) is 20.8 Å². The number of carbonyl (C=O) groups is 1. The maximum Gasteiger partial charge on any atom is 0.220 e. The summed E-state index contributed by atoms with van der Waals surface area (Å²) in [5, 5.41) is 3.51. The van der Waals surface area contributed by atoms with Crippen LogP contribution in [0.2, 0.25) is 0 Å². The predicted molar refractivity (Wildman–Crippen MR) is 119 cm³/mol. The van der Waals surface area contributed by atoms with Gasteiger partial charge >= 0.3 is 0 Å². The first-order valence-electron chi connectivity index (χ1n) is 11.3. The van der Waals surface area contributed by atoms with Gasteiger partial charge in [-0.05, 0) is 31.7 Å². The first-order valence-corrected chi connectivity index (χ1v) is 11.3. The van der Waals surface area contributed by atoms with E-state index >= 15 is 0 Å². The molecule has 3 N–H and O–H groups in total. The summed E-state index contributed by atoms with van der Waals surface area (Å²) in [5.41, 5.74) is 6.60. The number of hydrogen-bond donors (Lipinski definition) is 2. The highest BCUT2D eigenvalue weighted by atomic mass is 16.5. The molecule has 4 rings (SSSR count). The van der Waals surface area contributed by atoms with Gasteiger partial charge in [0.1, 0.15) is 11.9 Å². The smallest absolute Gasteiger partial charge is 0.220 e. The first-order chi connectivity index (χ1) is 15.2. The second-order valence-electron chi connectivity index (χ2n) is 8.46. The Morgan fingerprint density at radius 2 is 2.03 bits per heavy atom. The lowest BCUT2D eigenvalue weighted by Crippen LogP contribution is -2.53. The third-order valence-corrected chi connectivity index (χ3v) is 6.49. The number of pyridine rings is 1. The molecule has 0 bridgehead atoms. The van der Waals surface area contributed by atoms with Crippen LogP contribution in [0.25, 0.3) is 0 Å². The van der Waals surface area contributed by atoms with Crippen molar-refractivity contribution in [2.24, 2.45) is 16.6 Å². The molecular formula is C22H34N6O3. The summed E-state index contributed by atoms with van der Waals surface area (Å²) in [6.07, 6.45) is 5.83. The van der Waals surface area contributed by atoms with E-state index in [4.69, 9.17) is 15.2 Å². The Morgan fingerprint density at radius 1 is 1.23 bits per heavy atom. The van der Waals surface area contributed by atoms with Crippen molar-refractivity contribution in [1.29, 1.82) is 0 Å². The van der Waals surface area contributed by atoms with Crippen molar-refractivity contribution < 1.29 is 14.3 Å². The Hall–Kier alpha value is -2.39. The van der Waals surface area contributed by atoms with Crippen molar-refractivity contribution >= 4 is 17.7 Å². The van der Waals surface area contributed by atoms with E-state index in [9.17, 15) is 4.79 Å². The van der Waals surface area contributed by atoms with Crippen LogP contribution in [0.1, 0.15) is 31.2 Å². The monoisotopic (exact) mass is 430 g/mol. The summed E-state index contributed by atoms with van der Waals surface area (Å²) in [4.78, 5) is 25.1. The number of rotatable bonds is 5. The molecule has 0 aromatic carbocycles. The summed E-state index contributed by atoms with van der Waals surface area (Å²) in [6, 6.07) is 4.05. The quantitative estimate of drug-likeness (QED) is 0.524. The molecule has 0 spiro atoms. The summed E-state index contributed by atoms with van der Waals surface area (Å²) in [6.45, 7) is 5.32. The third kappa shape index (κ3) is 5.27. The largest absolute Gasteiger partial charge is 0.375 e. The van der Waals surface area contributed by atoms with Gasteiger partial charge in [-0.15, -0.1) is 0 Å². The number of ether oxygens (including phenoxy) is 2. The maximum atomic E-state index is 11.5.